The first-order chi connectivity index (χ1) is 15.4. The molecule has 0 bridgehead atoms. The number of likely N-dealkylation sites (tertiary alicyclic amines) is 1. The molecule has 2 aromatic rings. The number of ether oxygens (including phenoxy) is 1. The first kappa shape index (κ1) is 21.1. The second-order valence-electron chi connectivity index (χ2n) is 9.46. The van der Waals surface area contributed by atoms with Gasteiger partial charge in [-0.15, -0.1) is 0 Å². The molecule has 1 aliphatic carbocycles. The zero-order valence-electron chi connectivity index (χ0n) is 18.9. The van der Waals surface area contributed by atoms with E-state index in [1.807, 2.05) is 37.3 Å². The Balaban J connectivity index is 1.24. The van der Waals surface area contributed by atoms with E-state index in [0.29, 0.717) is 24.2 Å². The van der Waals surface area contributed by atoms with Gasteiger partial charge >= 0.3 is 5.97 Å². The summed E-state index contributed by atoms with van der Waals surface area (Å²) in [6.07, 6.45) is 8.92. The molecule has 1 saturated heterocycles. The second kappa shape index (κ2) is 8.31. The van der Waals surface area contributed by atoms with Crippen LogP contribution in [0.15, 0.2) is 24.5 Å². The molecule has 2 aliphatic heterocycles. The van der Waals surface area contributed by atoms with Crippen LogP contribution >= 0.6 is 0 Å². The SMILES string of the molecule is CN(CCN1CCCC1)C(=O)[C@H]1CC[C@@]2(CC1)OC(=O)c1nc(-c3cnn(C)c3)ccc12. The maximum Gasteiger partial charge on any atom is 0.358 e. The molecule has 1 saturated carbocycles. The van der Waals surface area contributed by atoms with Gasteiger partial charge in [-0.25, -0.2) is 9.78 Å². The van der Waals surface area contributed by atoms with E-state index in [1.165, 1.54) is 12.8 Å². The van der Waals surface area contributed by atoms with Crippen molar-refractivity contribution in [2.45, 2.75) is 44.1 Å². The smallest absolute Gasteiger partial charge is 0.358 e. The molecule has 2 fully saturated rings. The average molecular weight is 438 g/mol. The maximum atomic E-state index is 13.0. The van der Waals surface area contributed by atoms with E-state index in [1.54, 1.807) is 10.9 Å². The van der Waals surface area contributed by atoms with Crippen LogP contribution in [0.4, 0.5) is 0 Å². The lowest BCUT2D eigenvalue weighted by Gasteiger charge is -2.37. The van der Waals surface area contributed by atoms with E-state index in [4.69, 9.17) is 4.74 Å². The predicted molar refractivity (Wildman–Crippen MR) is 119 cm³/mol. The molecule has 0 radical (unpaired) electrons. The molecule has 0 unspecified atom stereocenters. The molecule has 32 heavy (non-hydrogen) atoms. The summed E-state index contributed by atoms with van der Waals surface area (Å²) in [5.74, 6) is -0.151. The predicted octanol–water partition coefficient (Wildman–Crippen LogP) is 2.59. The van der Waals surface area contributed by atoms with Gasteiger partial charge in [-0.1, -0.05) is 6.07 Å². The Morgan fingerprint density at radius 3 is 2.69 bits per heavy atom. The van der Waals surface area contributed by atoms with Gasteiger partial charge < -0.3 is 14.5 Å². The largest absolute Gasteiger partial charge is 0.449 e. The Hall–Kier alpha value is -2.74. The van der Waals surface area contributed by atoms with Crippen LogP contribution in [0.1, 0.15) is 54.6 Å². The van der Waals surface area contributed by atoms with Gasteiger partial charge in [0.2, 0.25) is 5.91 Å². The lowest BCUT2D eigenvalue weighted by atomic mass is 9.75. The van der Waals surface area contributed by atoms with Gasteiger partial charge in [-0.05, 0) is 57.7 Å². The van der Waals surface area contributed by atoms with Gasteiger partial charge in [0.25, 0.3) is 0 Å². The highest BCUT2D eigenvalue weighted by Crippen LogP contribution is 2.48. The number of pyridine rings is 1. The summed E-state index contributed by atoms with van der Waals surface area (Å²) in [7, 11) is 3.77. The minimum atomic E-state index is -0.641. The van der Waals surface area contributed by atoms with Crippen LogP contribution in [0.5, 0.6) is 0 Å². The molecule has 8 heteroatoms. The highest BCUT2D eigenvalue weighted by molar-refractivity contribution is 5.93. The molecule has 0 atom stereocenters. The Kier molecular flexibility index (Phi) is 5.49. The maximum absolute atomic E-state index is 13.0. The van der Waals surface area contributed by atoms with E-state index >= 15 is 0 Å². The second-order valence-corrected chi connectivity index (χ2v) is 9.46. The number of aromatic nitrogens is 3. The van der Waals surface area contributed by atoms with Gasteiger partial charge in [0.1, 0.15) is 5.60 Å². The van der Waals surface area contributed by atoms with Crippen molar-refractivity contribution >= 4 is 11.9 Å². The zero-order chi connectivity index (χ0) is 22.3. The fraction of sp³-hybridized carbons (Fsp3) is 0.583. The number of amides is 1. The lowest BCUT2D eigenvalue weighted by molar-refractivity contribution is -0.137. The highest BCUT2D eigenvalue weighted by atomic mass is 16.6. The fourth-order valence-electron chi connectivity index (χ4n) is 5.40. The third kappa shape index (κ3) is 3.81. The zero-order valence-corrected chi connectivity index (χ0v) is 18.9. The summed E-state index contributed by atoms with van der Waals surface area (Å²) in [6, 6.07) is 3.91. The monoisotopic (exact) mass is 437 g/mol. The third-order valence-electron chi connectivity index (χ3n) is 7.34. The van der Waals surface area contributed by atoms with Crippen molar-refractivity contribution in [3.8, 4) is 11.3 Å². The van der Waals surface area contributed by atoms with Crippen molar-refractivity contribution in [1.82, 2.24) is 24.6 Å². The molecule has 3 aliphatic rings. The number of carbonyl (C=O) groups is 2. The van der Waals surface area contributed by atoms with Crippen LogP contribution in [-0.4, -0.2) is 69.7 Å². The first-order valence-corrected chi connectivity index (χ1v) is 11.7. The number of aryl methyl sites for hydroxylation is 1. The number of nitrogens with zero attached hydrogens (tertiary/aromatic N) is 5. The third-order valence-corrected chi connectivity index (χ3v) is 7.34. The molecule has 1 amide bonds. The normalized spacial score (nSPS) is 25.2. The quantitative estimate of drug-likeness (QED) is 0.669. The number of carbonyl (C=O) groups excluding carboxylic acids is 2. The molecule has 1 spiro atoms. The summed E-state index contributed by atoms with van der Waals surface area (Å²) in [6.45, 7) is 4.03. The van der Waals surface area contributed by atoms with Crippen LogP contribution < -0.4 is 0 Å². The first-order valence-electron chi connectivity index (χ1n) is 11.7. The molecule has 4 heterocycles. The molecular weight excluding hydrogens is 406 g/mol. The van der Waals surface area contributed by atoms with E-state index in [2.05, 4.69) is 15.0 Å². The molecule has 0 aromatic carbocycles. The minimum absolute atomic E-state index is 0.00502. The Bertz CT molecular complexity index is 1020. The summed E-state index contributed by atoms with van der Waals surface area (Å²) < 4.78 is 7.62. The number of esters is 1. The topological polar surface area (TPSA) is 80.6 Å². The number of hydrogen-bond donors (Lipinski definition) is 0. The van der Waals surface area contributed by atoms with Crippen molar-refractivity contribution in [3.05, 3.63) is 35.8 Å². The van der Waals surface area contributed by atoms with Gasteiger partial charge in [0, 0.05) is 50.4 Å². The van der Waals surface area contributed by atoms with Crippen LogP contribution in [0.3, 0.4) is 0 Å². The summed E-state index contributed by atoms with van der Waals surface area (Å²) in [4.78, 5) is 34.6. The Labute approximate surface area is 188 Å². The summed E-state index contributed by atoms with van der Waals surface area (Å²) in [5.41, 5.74) is 2.21. The van der Waals surface area contributed by atoms with Crippen LogP contribution in [0.25, 0.3) is 11.3 Å². The van der Waals surface area contributed by atoms with Crippen molar-refractivity contribution in [2.75, 3.05) is 33.2 Å². The van der Waals surface area contributed by atoms with Crippen molar-refractivity contribution in [3.63, 3.8) is 0 Å². The van der Waals surface area contributed by atoms with Gasteiger partial charge in [0.05, 0.1) is 11.9 Å². The number of hydrogen-bond acceptors (Lipinski definition) is 6. The Morgan fingerprint density at radius 2 is 2.00 bits per heavy atom. The van der Waals surface area contributed by atoms with E-state index in [-0.39, 0.29) is 17.8 Å². The minimum Gasteiger partial charge on any atom is -0.449 e. The summed E-state index contributed by atoms with van der Waals surface area (Å²) in [5, 5.41) is 4.19. The summed E-state index contributed by atoms with van der Waals surface area (Å²) >= 11 is 0. The van der Waals surface area contributed by atoms with E-state index in [0.717, 1.165) is 50.1 Å². The number of rotatable bonds is 5. The molecule has 0 N–H and O–H groups in total. The van der Waals surface area contributed by atoms with Crippen molar-refractivity contribution in [1.29, 1.82) is 0 Å². The molecular formula is C24H31N5O3. The van der Waals surface area contributed by atoms with Crippen LogP contribution in [0, 0.1) is 5.92 Å². The molecule has 2 aromatic heterocycles. The average Bonchev–Trinajstić information content (AvgIpc) is 3.53. The Morgan fingerprint density at radius 1 is 1.25 bits per heavy atom. The molecule has 5 rings (SSSR count). The molecule has 170 valence electrons. The highest BCUT2D eigenvalue weighted by Gasteiger charge is 2.49. The van der Waals surface area contributed by atoms with Gasteiger partial charge in [-0.3, -0.25) is 9.48 Å². The van der Waals surface area contributed by atoms with E-state index < -0.39 is 5.60 Å². The number of likely N-dealkylation sites (N-methyl/N-ethyl adjacent to an activating group) is 1. The molecule has 8 nitrogen and oxygen atoms in total. The van der Waals surface area contributed by atoms with Crippen LogP contribution in [-0.2, 0) is 22.2 Å². The van der Waals surface area contributed by atoms with Crippen LogP contribution in [0.2, 0.25) is 0 Å². The standard InChI is InChI=1S/C24H31N5O3/c1-27(13-14-29-11-3-4-12-29)22(30)17-7-9-24(10-8-17)19-5-6-20(18-15-25-28(2)16-18)26-21(19)23(31)32-24/h5-6,15-17H,3-4,7-14H2,1-2H3/t17-,24-. The van der Waals surface area contributed by atoms with Crippen molar-refractivity contribution in [2.24, 2.45) is 13.0 Å². The van der Waals surface area contributed by atoms with Gasteiger partial charge in [-0.2, -0.15) is 5.10 Å². The van der Waals surface area contributed by atoms with E-state index in [9.17, 15) is 9.59 Å². The van der Waals surface area contributed by atoms with Gasteiger partial charge in [0.15, 0.2) is 5.69 Å². The lowest BCUT2D eigenvalue weighted by Crippen LogP contribution is -2.41. The fourth-order valence-corrected chi connectivity index (χ4v) is 5.40. The number of fused-ring (bicyclic) bond motifs is 2. The van der Waals surface area contributed by atoms with Crippen molar-refractivity contribution < 1.29 is 14.3 Å².